The van der Waals surface area contributed by atoms with E-state index in [2.05, 4.69) is 29.2 Å². The Morgan fingerprint density at radius 2 is 2.12 bits per heavy atom. The first kappa shape index (κ1) is 11.5. The first-order valence-electron chi connectivity index (χ1n) is 5.87. The highest BCUT2D eigenvalue weighted by Gasteiger charge is 2.23. The molecule has 2 rings (SSSR count). The maximum Gasteiger partial charge on any atom is 0.164 e. The van der Waals surface area contributed by atoms with E-state index in [-0.39, 0.29) is 0 Å². The number of hydrogen-bond acceptors (Lipinski definition) is 4. The second kappa shape index (κ2) is 4.93. The van der Waals surface area contributed by atoms with Crippen molar-refractivity contribution >= 4 is 0 Å². The smallest absolute Gasteiger partial charge is 0.164 e. The van der Waals surface area contributed by atoms with Gasteiger partial charge >= 0.3 is 0 Å². The van der Waals surface area contributed by atoms with Crippen molar-refractivity contribution in [2.24, 2.45) is 7.05 Å². The lowest BCUT2D eigenvalue weighted by Gasteiger charge is -2.32. The van der Waals surface area contributed by atoms with Gasteiger partial charge in [0.1, 0.15) is 6.33 Å². The molecule has 0 spiro atoms. The molecule has 0 aromatic carbocycles. The van der Waals surface area contributed by atoms with E-state index in [1.54, 1.807) is 11.0 Å². The van der Waals surface area contributed by atoms with Crippen LogP contribution in [-0.2, 0) is 18.3 Å². The number of ether oxygens (including phenoxy) is 1. The average Bonchev–Trinajstić information content (AvgIpc) is 2.60. The molecule has 90 valence electrons. The van der Waals surface area contributed by atoms with Gasteiger partial charge in [-0.1, -0.05) is 0 Å². The summed E-state index contributed by atoms with van der Waals surface area (Å²) in [4.78, 5) is 4.20. The zero-order chi connectivity index (χ0) is 11.5. The lowest BCUT2D eigenvalue weighted by atomic mass is 10.00. The van der Waals surface area contributed by atoms with Crippen LogP contribution in [0.15, 0.2) is 6.33 Å². The molecular formula is C11H20N4O. The predicted molar refractivity (Wildman–Crippen MR) is 60.9 cm³/mol. The van der Waals surface area contributed by atoms with Crippen LogP contribution in [0.3, 0.4) is 0 Å². The molecule has 0 radical (unpaired) electrons. The van der Waals surface area contributed by atoms with Crippen LogP contribution in [0.1, 0.15) is 32.5 Å². The van der Waals surface area contributed by atoms with E-state index in [9.17, 15) is 0 Å². The van der Waals surface area contributed by atoms with E-state index in [1.165, 1.54) is 0 Å². The summed E-state index contributed by atoms with van der Waals surface area (Å²) in [6.45, 7) is 5.00. The van der Waals surface area contributed by atoms with Crippen molar-refractivity contribution in [2.75, 3.05) is 0 Å². The molecule has 2 heterocycles. The van der Waals surface area contributed by atoms with Gasteiger partial charge in [-0.3, -0.25) is 4.68 Å². The van der Waals surface area contributed by atoms with E-state index in [0.717, 1.165) is 25.2 Å². The van der Waals surface area contributed by atoms with Crippen LogP contribution in [0.25, 0.3) is 0 Å². The van der Waals surface area contributed by atoms with Crippen molar-refractivity contribution in [1.29, 1.82) is 0 Å². The van der Waals surface area contributed by atoms with Crippen molar-refractivity contribution in [3.8, 4) is 0 Å². The number of nitrogens with one attached hydrogen (secondary N) is 1. The lowest BCUT2D eigenvalue weighted by molar-refractivity contribution is -0.0423. The average molecular weight is 224 g/mol. The highest BCUT2D eigenvalue weighted by atomic mass is 16.5. The summed E-state index contributed by atoms with van der Waals surface area (Å²) in [6.07, 6.45) is 4.55. The molecule has 0 saturated carbocycles. The molecule has 2 atom stereocenters. The Morgan fingerprint density at radius 1 is 1.44 bits per heavy atom. The topological polar surface area (TPSA) is 52.0 Å². The van der Waals surface area contributed by atoms with Gasteiger partial charge < -0.3 is 10.1 Å². The monoisotopic (exact) mass is 224 g/mol. The molecule has 1 aliphatic heterocycles. The maximum atomic E-state index is 5.70. The fraction of sp³-hybridized carbons (Fsp3) is 0.818. The van der Waals surface area contributed by atoms with Crippen LogP contribution < -0.4 is 5.32 Å². The first-order valence-corrected chi connectivity index (χ1v) is 5.87. The largest absolute Gasteiger partial charge is 0.375 e. The molecule has 1 aromatic rings. The van der Waals surface area contributed by atoms with Crippen molar-refractivity contribution in [2.45, 2.75) is 51.5 Å². The maximum absolute atomic E-state index is 5.70. The molecule has 2 unspecified atom stereocenters. The van der Waals surface area contributed by atoms with Gasteiger partial charge in [-0.15, -0.1) is 0 Å². The molecule has 0 amide bonds. The Morgan fingerprint density at radius 3 is 2.69 bits per heavy atom. The molecule has 1 saturated heterocycles. The summed E-state index contributed by atoms with van der Waals surface area (Å²) in [5.74, 6) is 0.856. The SMILES string of the molecule is CC1CC(NCc2ncn(C)n2)CC(C)O1. The molecule has 0 aliphatic carbocycles. The van der Waals surface area contributed by atoms with Gasteiger partial charge in [-0.2, -0.15) is 5.10 Å². The molecule has 1 N–H and O–H groups in total. The third kappa shape index (κ3) is 3.02. The molecule has 5 heteroatoms. The third-order valence-electron chi connectivity index (χ3n) is 2.89. The molecule has 5 nitrogen and oxygen atoms in total. The summed E-state index contributed by atoms with van der Waals surface area (Å²) >= 11 is 0. The van der Waals surface area contributed by atoms with Gasteiger partial charge in [0.15, 0.2) is 5.82 Å². The van der Waals surface area contributed by atoms with Crippen molar-refractivity contribution in [1.82, 2.24) is 20.1 Å². The molecule has 1 fully saturated rings. The minimum atomic E-state index is 0.345. The van der Waals surface area contributed by atoms with Gasteiger partial charge in [-0.05, 0) is 26.7 Å². The van der Waals surface area contributed by atoms with Crippen molar-refractivity contribution < 1.29 is 4.74 Å². The van der Waals surface area contributed by atoms with E-state index in [4.69, 9.17) is 4.74 Å². The minimum Gasteiger partial charge on any atom is -0.375 e. The number of aromatic nitrogens is 3. The van der Waals surface area contributed by atoms with Gasteiger partial charge in [0.25, 0.3) is 0 Å². The van der Waals surface area contributed by atoms with Gasteiger partial charge in [0, 0.05) is 13.1 Å². The van der Waals surface area contributed by atoms with Crippen LogP contribution >= 0.6 is 0 Å². The standard InChI is InChI=1S/C11H20N4O/c1-8-4-10(5-9(2)16-8)12-6-11-13-7-15(3)14-11/h7-10,12H,4-6H2,1-3H3. The van der Waals surface area contributed by atoms with Crippen LogP contribution in [0.5, 0.6) is 0 Å². The fourth-order valence-electron chi connectivity index (χ4n) is 2.27. The van der Waals surface area contributed by atoms with E-state index >= 15 is 0 Å². The normalized spacial score (nSPS) is 30.6. The second-order valence-corrected chi connectivity index (χ2v) is 4.64. The number of aryl methyl sites for hydroxylation is 1. The second-order valence-electron chi connectivity index (χ2n) is 4.64. The molecular weight excluding hydrogens is 204 g/mol. The number of nitrogens with zero attached hydrogens (tertiary/aromatic N) is 3. The van der Waals surface area contributed by atoms with Gasteiger partial charge in [0.2, 0.25) is 0 Å². The zero-order valence-electron chi connectivity index (χ0n) is 10.2. The van der Waals surface area contributed by atoms with Crippen molar-refractivity contribution in [3.63, 3.8) is 0 Å². The summed E-state index contributed by atoms with van der Waals surface area (Å²) in [7, 11) is 1.88. The van der Waals surface area contributed by atoms with E-state index in [1.807, 2.05) is 7.05 Å². The summed E-state index contributed by atoms with van der Waals surface area (Å²) in [5.41, 5.74) is 0. The third-order valence-corrected chi connectivity index (χ3v) is 2.89. The van der Waals surface area contributed by atoms with Crippen LogP contribution in [0.2, 0.25) is 0 Å². The molecule has 16 heavy (non-hydrogen) atoms. The highest BCUT2D eigenvalue weighted by Crippen LogP contribution is 2.18. The Labute approximate surface area is 96.2 Å². The quantitative estimate of drug-likeness (QED) is 0.827. The Bertz CT molecular complexity index is 328. The Hall–Kier alpha value is -0.940. The van der Waals surface area contributed by atoms with Crippen LogP contribution in [0, 0.1) is 0 Å². The fourth-order valence-corrected chi connectivity index (χ4v) is 2.27. The van der Waals surface area contributed by atoms with E-state index in [0.29, 0.717) is 18.2 Å². The van der Waals surface area contributed by atoms with Crippen LogP contribution in [-0.4, -0.2) is 33.0 Å². The molecule has 1 aromatic heterocycles. The molecule has 1 aliphatic rings. The van der Waals surface area contributed by atoms with Crippen molar-refractivity contribution in [3.05, 3.63) is 12.2 Å². The summed E-state index contributed by atoms with van der Waals surface area (Å²) in [6, 6.07) is 0.516. The Balaban J connectivity index is 1.81. The predicted octanol–water partition coefficient (Wildman–Crippen LogP) is 0.861. The van der Waals surface area contributed by atoms with Gasteiger partial charge in [-0.25, -0.2) is 4.98 Å². The highest BCUT2D eigenvalue weighted by molar-refractivity contribution is 4.84. The van der Waals surface area contributed by atoms with Crippen LogP contribution in [0.4, 0.5) is 0 Å². The lowest BCUT2D eigenvalue weighted by Crippen LogP contribution is -2.41. The van der Waals surface area contributed by atoms with E-state index < -0.39 is 0 Å². The number of rotatable bonds is 3. The zero-order valence-corrected chi connectivity index (χ0v) is 10.2. The Kier molecular flexibility index (Phi) is 3.56. The summed E-state index contributed by atoms with van der Waals surface area (Å²) < 4.78 is 7.43. The summed E-state index contributed by atoms with van der Waals surface area (Å²) in [5, 5.41) is 7.74. The number of hydrogen-bond donors (Lipinski definition) is 1. The van der Waals surface area contributed by atoms with Gasteiger partial charge in [0.05, 0.1) is 18.8 Å². The first-order chi connectivity index (χ1) is 7.63. The minimum absolute atomic E-state index is 0.345. The molecule has 0 bridgehead atoms.